The molecule has 0 aliphatic carbocycles. The van der Waals surface area contributed by atoms with Gasteiger partial charge in [0.1, 0.15) is 16.5 Å². The van der Waals surface area contributed by atoms with Gasteiger partial charge in [-0.3, -0.25) is 10.1 Å². The van der Waals surface area contributed by atoms with E-state index in [-0.39, 0.29) is 5.11 Å². The SMILES string of the molecule is O=C(/C=C/c1ccc(-c2cc(Cl)cc(Cl)c2)o1)NC(=S)Nc1cc(-c2nc3ccccc3s2)c(Cl)cc1Cl. The second kappa shape index (κ2) is 11.5. The van der Waals surface area contributed by atoms with Crippen LogP contribution in [0.3, 0.4) is 0 Å². The summed E-state index contributed by atoms with van der Waals surface area (Å²) in [5, 5.41) is 8.13. The number of carbonyl (C=O) groups excluding carboxylic acids is 1. The van der Waals surface area contributed by atoms with Crippen molar-refractivity contribution in [3.63, 3.8) is 0 Å². The summed E-state index contributed by atoms with van der Waals surface area (Å²) in [7, 11) is 0. The molecule has 2 heterocycles. The summed E-state index contributed by atoms with van der Waals surface area (Å²) in [6.45, 7) is 0. The molecule has 0 atom stereocenters. The van der Waals surface area contributed by atoms with Crippen molar-refractivity contribution >= 4 is 103 Å². The summed E-state index contributed by atoms with van der Waals surface area (Å²) in [4.78, 5) is 17.1. The van der Waals surface area contributed by atoms with Gasteiger partial charge < -0.3 is 9.73 Å². The molecule has 2 aromatic heterocycles. The number of amides is 1. The Hall–Kier alpha value is -2.91. The third-order valence-electron chi connectivity index (χ3n) is 5.24. The van der Waals surface area contributed by atoms with Gasteiger partial charge in [0.05, 0.1) is 25.9 Å². The molecular weight excluding hydrogens is 604 g/mol. The van der Waals surface area contributed by atoms with Crippen LogP contribution >= 0.6 is 70.0 Å². The number of aromatic nitrogens is 1. The molecule has 0 spiro atoms. The fourth-order valence-electron chi connectivity index (χ4n) is 3.55. The molecule has 0 aliphatic heterocycles. The van der Waals surface area contributed by atoms with Crippen molar-refractivity contribution in [1.29, 1.82) is 0 Å². The van der Waals surface area contributed by atoms with Gasteiger partial charge in [0, 0.05) is 27.2 Å². The van der Waals surface area contributed by atoms with E-state index in [0.717, 1.165) is 20.8 Å². The zero-order valence-electron chi connectivity index (χ0n) is 19.1. The van der Waals surface area contributed by atoms with E-state index in [4.69, 9.17) is 63.0 Å². The van der Waals surface area contributed by atoms with Gasteiger partial charge in [-0.2, -0.15) is 0 Å². The second-order valence-corrected chi connectivity index (χ2v) is 11.1. The van der Waals surface area contributed by atoms with Gasteiger partial charge in [0.25, 0.3) is 0 Å². The molecule has 3 aromatic carbocycles. The van der Waals surface area contributed by atoms with Crippen LogP contribution < -0.4 is 10.6 Å². The first-order valence-electron chi connectivity index (χ1n) is 11.0. The second-order valence-electron chi connectivity index (χ2n) is 7.94. The summed E-state index contributed by atoms with van der Waals surface area (Å²) < 4.78 is 6.81. The zero-order valence-corrected chi connectivity index (χ0v) is 23.8. The number of para-hydroxylation sites is 1. The summed E-state index contributed by atoms with van der Waals surface area (Å²) in [6.07, 6.45) is 2.83. The Morgan fingerprint density at radius 3 is 2.47 bits per heavy atom. The van der Waals surface area contributed by atoms with Crippen molar-refractivity contribution in [3.05, 3.63) is 98.7 Å². The lowest BCUT2D eigenvalue weighted by atomic mass is 10.2. The Morgan fingerprint density at radius 2 is 1.71 bits per heavy atom. The molecule has 0 aliphatic rings. The molecule has 5 rings (SSSR count). The van der Waals surface area contributed by atoms with Gasteiger partial charge in [-0.05, 0) is 72.9 Å². The summed E-state index contributed by atoms with van der Waals surface area (Å²) >= 11 is 31.8. The minimum absolute atomic E-state index is 0.0628. The smallest absolute Gasteiger partial charge is 0.250 e. The number of rotatable bonds is 5. The minimum atomic E-state index is -0.456. The van der Waals surface area contributed by atoms with E-state index >= 15 is 0 Å². The maximum Gasteiger partial charge on any atom is 0.250 e. The highest BCUT2D eigenvalue weighted by atomic mass is 35.5. The number of furan rings is 1. The van der Waals surface area contributed by atoms with Crippen LogP contribution in [0.1, 0.15) is 5.76 Å². The Labute approximate surface area is 247 Å². The summed E-state index contributed by atoms with van der Waals surface area (Å²) in [5.74, 6) is 0.571. The molecule has 0 saturated heterocycles. The normalized spacial score (nSPS) is 11.3. The van der Waals surface area contributed by atoms with Gasteiger partial charge in [-0.15, -0.1) is 11.3 Å². The summed E-state index contributed by atoms with van der Waals surface area (Å²) in [5.41, 5.74) is 2.78. The first-order valence-corrected chi connectivity index (χ1v) is 13.7. The van der Waals surface area contributed by atoms with Crippen LogP contribution in [0.25, 0.3) is 38.2 Å². The number of benzene rings is 3. The molecule has 0 radical (unpaired) electrons. The molecule has 0 fully saturated rings. The van der Waals surface area contributed by atoms with E-state index in [1.807, 2.05) is 24.3 Å². The largest absolute Gasteiger partial charge is 0.457 e. The van der Waals surface area contributed by atoms with Crippen LogP contribution in [0.5, 0.6) is 0 Å². The molecule has 11 heteroatoms. The maximum absolute atomic E-state index is 12.4. The number of fused-ring (bicyclic) bond motifs is 1. The Kier molecular flexibility index (Phi) is 8.04. The van der Waals surface area contributed by atoms with Crippen molar-refractivity contribution in [2.75, 3.05) is 5.32 Å². The standard InChI is InChI=1S/C27H15Cl4N3O2S2/c28-15-9-14(10-16(29)11-15)23-7-5-17(36-23)6-8-25(35)34-27(37)33-22-12-18(19(30)13-20(22)31)26-32-21-3-1-2-4-24(21)38-26/h1-13H,(H2,33,34,35,37)/b8-6+. The van der Waals surface area contributed by atoms with Gasteiger partial charge in [-0.25, -0.2) is 4.98 Å². The van der Waals surface area contributed by atoms with Gasteiger partial charge in [-0.1, -0.05) is 58.5 Å². The van der Waals surface area contributed by atoms with Gasteiger partial charge in [0.2, 0.25) is 5.91 Å². The van der Waals surface area contributed by atoms with E-state index in [0.29, 0.717) is 42.9 Å². The lowest BCUT2D eigenvalue weighted by molar-refractivity contribution is -0.115. The third kappa shape index (κ3) is 6.21. The number of hydrogen-bond donors (Lipinski definition) is 2. The van der Waals surface area contributed by atoms with Crippen molar-refractivity contribution in [2.45, 2.75) is 0 Å². The number of thiocarbonyl (C=S) groups is 1. The average Bonchev–Trinajstić information content (AvgIpc) is 3.51. The van der Waals surface area contributed by atoms with Crippen molar-refractivity contribution in [3.8, 4) is 21.9 Å². The first kappa shape index (κ1) is 26.7. The quantitative estimate of drug-likeness (QED) is 0.152. The Balaban J connectivity index is 1.25. The number of nitrogens with zero attached hydrogens (tertiary/aromatic N) is 1. The summed E-state index contributed by atoms with van der Waals surface area (Å²) in [6, 6.07) is 19.8. The topological polar surface area (TPSA) is 67.2 Å². The number of carbonyl (C=O) groups is 1. The van der Waals surface area contributed by atoms with E-state index in [9.17, 15) is 4.79 Å². The molecule has 0 bridgehead atoms. The fourth-order valence-corrected chi connectivity index (χ4v) is 5.86. The maximum atomic E-state index is 12.4. The van der Waals surface area contributed by atoms with E-state index in [1.165, 1.54) is 23.5 Å². The molecule has 0 unspecified atom stereocenters. The molecule has 2 N–H and O–H groups in total. The van der Waals surface area contributed by atoms with E-state index in [1.54, 1.807) is 42.5 Å². The number of nitrogens with one attached hydrogen (secondary N) is 2. The van der Waals surface area contributed by atoms with Crippen molar-refractivity contribution in [2.24, 2.45) is 0 Å². The molecule has 5 nitrogen and oxygen atoms in total. The first-order chi connectivity index (χ1) is 18.2. The number of hydrogen-bond acceptors (Lipinski definition) is 5. The average molecular weight is 619 g/mol. The van der Waals surface area contributed by atoms with Crippen LogP contribution in [-0.2, 0) is 4.79 Å². The van der Waals surface area contributed by atoms with Gasteiger partial charge in [0.15, 0.2) is 5.11 Å². The lowest BCUT2D eigenvalue weighted by Crippen LogP contribution is -2.32. The van der Waals surface area contributed by atoms with Crippen LogP contribution in [0.2, 0.25) is 20.1 Å². The highest BCUT2D eigenvalue weighted by Gasteiger charge is 2.15. The van der Waals surface area contributed by atoms with Crippen LogP contribution in [0.15, 0.2) is 77.2 Å². The highest BCUT2D eigenvalue weighted by molar-refractivity contribution is 7.80. The number of anilines is 1. The van der Waals surface area contributed by atoms with Gasteiger partial charge >= 0.3 is 0 Å². The molecule has 0 saturated carbocycles. The van der Waals surface area contributed by atoms with E-state index < -0.39 is 5.91 Å². The number of halogens is 4. The molecular formula is C27H15Cl4N3O2S2. The van der Waals surface area contributed by atoms with Crippen LogP contribution in [0.4, 0.5) is 5.69 Å². The van der Waals surface area contributed by atoms with E-state index in [2.05, 4.69) is 15.6 Å². The third-order valence-corrected chi connectivity index (χ3v) is 7.57. The van der Waals surface area contributed by atoms with Crippen molar-refractivity contribution in [1.82, 2.24) is 10.3 Å². The van der Waals surface area contributed by atoms with Crippen LogP contribution in [-0.4, -0.2) is 16.0 Å². The Bertz CT molecular complexity index is 1680. The molecule has 38 heavy (non-hydrogen) atoms. The Morgan fingerprint density at radius 1 is 0.947 bits per heavy atom. The zero-order chi connectivity index (χ0) is 26.8. The minimum Gasteiger partial charge on any atom is -0.457 e. The van der Waals surface area contributed by atoms with Crippen molar-refractivity contribution < 1.29 is 9.21 Å². The predicted octanol–water partition coefficient (Wildman–Crippen LogP) is 9.36. The molecule has 190 valence electrons. The fraction of sp³-hybridized carbons (Fsp3) is 0. The van der Waals surface area contributed by atoms with Crippen LogP contribution in [0, 0.1) is 0 Å². The number of thiazole rings is 1. The molecule has 5 aromatic rings. The predicted molar refractivity (Wildman–Crippen MR) is 163 cm³/mol. The lowest BCUT2D eigenvalue weighted by Gasteiger charge is -2.12. The monoisotopic (exact) mass is 617 g/mol. The molecule has 1 amide bonds. The highest BCUT2D eigenvalue weighted by Crippen LogP contribution is 2.39.